The molecule has 0 atom stereocenters. The van der Waals surface area contributed by atoms with E-state index in [1.54, 1.807) is 0 Å². The van der Waals surface area contributed by atoms with Crippen LogP contribution >= 0.6 is 0 Å². The average Bonchev–Trinajstić information content (AvgIpc) is 2.63. The van der Waals surface area contributed by atoms with Gasteiger partial charge in [0, 0.05) is 19.0 Å². The number of nitro benzene ring substituents is 1. The standard InChI is InChI=1S/C12H11N3O5/c13-9(16)5-2-6-14-11(17)7-3-1-4-8(15(19)20)10(7)12(14)18/h1,3-4H,2,5-6H2,(H2,13,16). The number of amides is 3. The van der Waals surface area contributed by atoms with E-state index in [0.717, 1.165) is 4.90 Å². The number of imide groups is 1. The number of rotatable bonds is 5. The molecular weight excluding hydrogens is 266 g/mol. The monoisotopic (exact) mass is 277 g/mol. The van der Waals surface area contributed by atoms with Crippen LogP contribution < -0.4 is 5.73 Å². The number of hydrogen-bond donors (Lipinski definition) is 1. The molecule has 0 fully saturated rings. The van der Waals surface area contributed by atoms with Gasteiger partial charge in [-0.25, -0.2) is 0 Å². The number of nitro groups is 1. The molecule has 1 heterocycles. The highest BCUT2D eigenvalue weighted by atomic mass is 16.6. The van der Waals surface area contributed by atoms with Crippen LogP contribution in [0.25, 0.3) is 0 Å². The van der Waals surface area contributed by atoms with Crippen molar-refractivity contribution in [2.45, 2.75) is 12.8 Å². The predicted octanol–water partition coefficient (Wildman–Crippen LogP) is 0.456. The number of carbonyl (C=O) groups is 3. The van der Waals surface area contributed by atoms with Gasteiger partial charge in [-0.1, -0.05) is 6.07 Å². The quantitative estimate of drug-likeness (QED) is 0.475. The fourth-order valence-electron chi connectivity index (χ4n) is 2.08. The highest BCUT2D eigenvalue weighted by molar-refractivity contribution is 6.23. The van der Waals surface area contributed by atoms with Gasteiger partial charge in [0.2, 0.25) is 5.91 Å². The van der Waals surface area contributed by atoms with Gasteiger partial charge in [0.05, 0.1) is 10.5 Å². The minimum Gasteiger partial charge on any atom is -0.370 e. The molecule has 0 bridgehead atoms. The van der Waals surface area contributed by atoms with E-state index in [-0.39, 0.29) is 30.5 Å². The zero-order chi connectivity index (χ0) is 14.9. The SMILES string of the molecule is NC(=O)CCCN1C(=O)c2cccc([N+](=O)[O-])c2C1=O. The zero-order valence-electron chi connectivity index (χ0n) is 10.4. The summed E-state index contributed by atoms with van der Waals surface area (Å²) >= 11 is 0. The lowest BCUT2D eigenvalue weighted by Crippen LogP contribution is -2.31. The summed E-state index contributed by atoms with van der Waals surface area (Å²) in [6.45, 7) is 0.00639. The van der Waals surface area contributed by atoms with Crippen molar-refractivity contribution >= 4 is 23.4 Å². The van der Waals surface area contributed by atoms with Crippen LogP contribution in [0, 0.1) is 10.1 Å². The predicted molar refractivity (Wildman–Crippen MR) is 66.9 cm³/mol. The summed E-state index contributed by atoms with van der Waals surface area (Å²) in [4.78, 5) is 45.9. The van der Waals surface area contributed by atoms with Gasteiger partial charge >= 0.3 is 0 Å². The van der Waals surface area contributed by atoms with Gasteiger partial charge in [-0.15, -0.1) is 0 Å². The molecule has 2 N–H and O–H groups in total. The van der Waals surface area contributed by atoms with Crippen molar-refractivity contribution < 1.29 is 19.3 Å². The maximum absolute atomic E-state index is 12.1. The summed E-state index contributed by atoms with van der Waals surface area (Å²) in [5, 5.41) is 10.9. The molecule has 1 aliphatic rings. The average molecular weight is 277 g/mol. The maximum Gasteiger partial charge on any atom is 0.282 e. The minimum atomic E-state index is -0.707. The molecule has 0 aliphatic carbocycles. The topological polar surface area (TPSA) is 124 Å². The first-order valence-electron chi connectivity index (χ1n) is 5.85. The highest BCUT2D eigenvalue weighted by Crippen LogP contribution is 2.30. The highest BCUT2D eigenvalue weighted by Gasteiger charge is 2.40. The Morgan fingerprint density at radius 2 is 2.00 bits per heavy atom. The minimum absolute atomic E-state index is 0.00639. The molecule has 0 spiro atoms. The molecule has 0 radical (unpaired) electrons. The first kappa shape index (κ1) is 13.7. The van der Waals surface area contributed by atoms with Gasteiger partial charge in [-0.2, -0.15) is 0 Å². The van der Waals surface area contributed by atoms with Crippen LogP contribution in [-0.4, -0.2) is 34.1 Å². The molecule has 2 rings (SSSR count). The zero-order valence-corrected chi connectivity index (χ0v) is 10.4. The lowest BCUT2D eigenvalue weighted by Gasteiger charge is -2.12. The summed E-state index contributed by atoms with van der Waals surface area (Å²) in [6.07, 6.45) is 0.268. The third kappa shape index (κ3) is 2.22. The lowest BCUT2D eigenvalue weighted by molar-refractivity contribution is -0.385. The van der Waals surface area contributed by atoms with Crippen LogP contribution in [0.15, 0.2) is 18.2 Å². The van der Waals surface area contributed by atoms with E-state index in [4.69, 9.17) is 5.73 Å². The van der Waals surface area contributed by atoms with Crippen molar-refractivity contribution in [3.8, 4) is 0 Å². The van der Waals surface area contributed by atoms with Crippen LogP contribution in [0.1, 0.15) is 33.6 Å². The Labute approximate surface area is 113 Å². The molecule has 3 amide bonds. The van der Waals surface area contributed by atoms with Gasteiger partial charge in [-0.3, -0.25) is 29.4 Å². The van der Waals surface area contributed by atoms with Crippen molar-refractivity contribution in [1.82, 2.24) is 4.90 Å². The normalized spacial score (nSPS) is 13.5. The number of hydrogen-bond acceptors (Lipinski definition) is 5. The summed E-state index contributed by atoms with van der Waals surface area (Å²) in [5.41, 5.74) is 4.41. The summed E-state index contributed by atoms with van der Waals surface area (Å²) in [5.74, 6) is -1.83. The van der Waals surface area contributed by atoms with E-state index in [1.807, 2.05) is 0 Å². The van der Waals surface area contributed by atoms with Gasteiger partial charge < -0.3 is 5.73 Å². The second-order valence-corrected chi connectivity index (χ2v) is 4.29. The molecule has 1 aliphatic heterocycles. The van der Waals surface area contributed by atoms with Crippen molar-refractivity contribution in [2.24, 2.45) is 5.73 Å². The van der Waals surface area contributed by atoms with E-state index >= 15 is 0 Å². The fourth-order valence-corrected chi connectivity index (χ4v) is 2.08. The Hall–Kier alpha value is -2.77. The van der Waals surface area contributed by atoms with Crippen LogP contribution in [0.3, 0.4) is 0 Å². The number of fused-ring (bicyclic) bond motifs is 1. The molecule has 0 saturated carbocycles. The van der Waals surface area contributed by atoms with Crippen LogP contribution in [0.4, 0.5) is 5.69 Å². The Balaban J connectivity index is 2.28. The Morgan fingerprint density at radius 3 is 2.60 bits per heavy atom. The van der Waals surface area contributed by atoms with E-state index in [2.05, 4.69) is 0 Å². The fraction of sp³-hybridized carbons (Fsp3) is 0.250. The molecular formula is C12H11N3O5. The second-order valence-electron chi connectivity index (χ2n) is 4.29. The first-order chi connectivity index (χ1) is 9.43. The molecule has 0 saturated heterocycles. The number of benzene rings is 1. The molecule has 8 nitrogen and oxygen atoms in total. The molecule has 1 aromatic rings. The third-order valence-electron chi connectivity index (χ3n) is 2.98. The molecule has 0 unspecified atom stereocenters. The number of nitrogens with zero attached hydrogens (tertiary/aromatic N) is 2. The molecule has 20 heavy (non-hydrogen) atoms. The maximum atomic E-state index is 12.1. The smallest absolute Gasteiger partial charge is 0.282 e. The Bertz CT molecular complexity index is 626. The van der Waals surface area contributed by atoms with Crippen molar-refractivity contribution in [3.05, 3.63) is 39.4 Å². The number of primary amides is 1. The van der Waals surface area contributed by atoms with Gasteiger partial charge in [0.15, 0.2) is 0 Å². The van der Waals surface area contributed by atoms with Crippen molar-refractivity contribution in [2.75, 3.05) is 6.54 Å². The molecule has 1 aromatic carbocycles. The van der Waals surface area contributed by atoms with E-state index in [1.165, 1.54) is 18.2 Å². The van der Waals surface area contributed by atoms with Crippen molar-refractivity contribution in [1.29, 1.82) is 0 Å². The largest absolute Gasteiger partial charge is 0.370 e. The summed E-state index contributed by atoms with van der Waals surface area (Å²) < 4.78 is 0. The van der Waals surface area contributed by atoms with Gasteiger partial charge in [0.1, 0.15) is 5.56 Å². The van der Waals surface area contributed by atoms with E-state index < -0.39 is 28.3 Å². The Kier molecular flexibility index (Phi) is 3.47. The van der Waals surface area contributed by atoms with Gasteiger partial charge in [-0.05, 0) is 12.5 Å². The molecule has 8 heteroatoms. The lowest BCUT2D eigenvalue weighted by atomic mass is 10.1. The number of carbonyl (C=O) groups excluding carboxylic acids is 3. The van der Waals surface area contributed by atoms with Crippen LogP contribution in [-0.2, 0) is 4.79 Å². The second kappa shape index (κ2) is 5.08. The Morgan fingerprint density at radius 1 is 1.30 bits per heavy atom. The molecule has 104 valence electrons. The third-order valence-corrected chi connectivity index (χ3v) is 2.98. The van der Waals surface area contributed by atoms with Crippen LogP contribution in [0.5, 0.6) is 0 Å². The van der Waals surface area contributed by atoms with Gasteiger partial charge in [0.25, 0.3) is 17.5 Å². The summed E-state index contributed by atoms with van der Waals surface area (Å²) in [6, 6.07) is 3.91. The van der Waals surface area contributed by atoms with Crippen molar-refractivity contribution in [3.63, 3.8) is 0 Å². The summed E-state index contributed by atoms with van der Waals surface area (Å²) in [7, 11) is 0. The number of nitrogens with two attached hydrogens (primary N) is 1. The van der Waals surface area contributed by atoms with Crippen LogP contribution in [0.2, 0.25) is 0 Å². The van der Waals surface area contributed by atoms with E-state index in [0.29, 0.717) is 0 Å². The first-order valence-corrected chi connectivity index (χ1v) is 5.85. The molecule has 0 aromatic heterocycles. The van der Waals surface area contributed by atoms with E-state index in [9.17, 15) is 24.5 Å².